The SMILES string of the molecule is CC[C@@H]1NCC[C@@H]1Cc1ccccc1. The Labute approximate surface area is 86.5 Å². The Bertz CT molecular complexity index is 268. The van der Waals surface area contributed by atoms with Gasteiger partial charge in [0, 0.05) is 6.04 Å². The topological polar surface area (TPSA) is 12.0 Å². The summed E-state index contributed by atoms with van der Waals surface area (Å²) in [5.41, 5.74) is 1.49. The zero-order chi connectivity index (χ0) is 9.80. The highest BCUT2D eigenvalue weighted by Gasteiger charge is 2.24. The van der Waals surface area contributed by atoms with Crippen molar-refractivity contribution in [2.24, 2.45) is 5.92 Å². The first-order valence-electron chi connectivity index (χ1n) is 5.67. The minimum atomic E-state index is 0.746. The van der Waals surface area contributed by atoms with Gasteiger partial charge in [-0.3, -0.25) is 0 Å². The molecule has 76 valence electrons. The van der Waals surface area contributed by atoms with E-state index in [9.17, 15) is 0 Å². The highest BCUT2D eigenvalue weighted by molar-refractivity contribution is 5.16. The van der Waals surface area contributed by atoms with E-state index in [-0.39, 0.29) is 0 Å². The van der Waals surface area contributed by atoms with Crippen molar-refractivity contribution in [3.63, 3.8) is 0 Å². The number of benzene rings is 1. The lowest BCUT2D eigenvalue weighted by Gasteiger charge is -2.17. The van der Waals surface area contributed by atoms with Gasteiger partial charge in [-0.25, -0.2) is 0 Å². The largest absolute Gasteiger partial charge is 0.314 e. The molecule has 0 aliphatic carbocycles. The highest BCUT2D eigenvalue weighted by Crippen LogP contribution is 2.22. The molecule has 0 aromatic heterocycles. The second-order valence-electron chi connectivity index (χ2n) is 4.21. The summed E-state index contributed by atoms with van der Waals surface area (Å²) in [4.78, 5) is 0. The Hall–Kier alpha value is -0.820. The third-order valence-corrected chi connectivity index (χ3v) is 3.27. The number of rotatable bonds is 3. The molecule has 1 N–H and O–H groups in total. The standard InChI is InChI=1S/C13H19N/c1-2-13-12(8-9-14-13)10-11-6-4-3-5-7-11/h3-7,12-14H,2,8-10H2,1H3/t12-,13+/m1/s1. The molecule has 1 aliphatic rings. The average Bonchev–Trinajstić information content (AvgIpc) is 2.67. The first-order chi connectivity index (χ1) is 6.90. The van der Waals surface area contributed by atoms with E-state index in [0.29, 0.717) is 0 Å². The smallest absolute Gasteiger partial charge is 0.00963 e. The first-order valence-corrected chi connectivity index (χ1v) is 5.67. The molecular weight excluding hydrogens is 170 g/mol. The van der Waals surface area contributed by atoms with Gasteiger partial charge in [0.25, 0.3) is 0 Å². The Morgan fingerprint density at radius 2 is 2.07 bits per heavy atom. The maximum Gasteiger partial charge on any atom is 0.00963 e. The van der Waals surface area contributed by atoms with Crippen LogP contribution in [-0.4, -0.2) is 12.6 Å². The molecule has 1 aromatic rings. The molecule has 1 saturated heterocycles. The lowest BCUT2D eigenvalue weighted by Crippen LogP contribution is -2.26. The maximum absolute atomic E-state index is 3.58. The van der Waals surface area contributed by atoms with Gasteiger partial charge < -0.3 is 5.32 Å². The zero-order valence-electron chi connectivity index (χ0n) is 8.87. The van der Waals surface area contributed by atoms with E-state index in [1.165, 1.54) is 31.4 Å². The third kappa shape index (κ3) is 2.16. The molecule has 0 radical (unpaired) electrons. The third-order valence-electron chi connectivity index (χ3n) is 3.27. The van der Waals surface area contributed by atoms with Crippen LogP contribution in [0, 0.1) is 5.92 Å². The maximum atomic E-state index is 3.58. The van der Waals surface area contributed by atoms with Crippen LogP contribution >= 0.6 is 0 Å². The minimum Gasteiger partial charge on any atom is -0.314 e. The van der Waals surface area contributed by atoms with Gasteiger partial charge in [-0.2, -0.15) is 0 Å². The summed E-state index contributed by atoms with van der Waals surface area (Å²) in [5.74, 6) is 0.849. The summed E-state index contributed by atoms with van der Waals surface area (Å²) >= 11 is 0. The van der Waals surface area contributed by atoms with Gasteiger partial charge in [0.1, 0.15) is 0 Å². The van der Waals surface area contributed by atoms with E-state index in [2.05, 4.69) is 42.6 Å². The van der Waals surface area contributed by atoms with E-state index >= 15 is 0 Å². The predicted octanol–water partition coefficient (Wildman–Crippen LogP) is 2.62. The van der Waals surface area contributed by atoms with Crippen molar-refractivity contribution in [3.8, 4) is 0 Å². The lowest BCUT2D eigenvalue weighted by molar-refractivity contribution is 0.434. The van der Waals surface area contributed by atoms with Crippen LogP contribution in [0.1, 0.15) is 25.3 Å². The summed E-state index contributed by atoms with van der Waals surface area (Å²) in [7, 11) is 0. The fourth-order valence-electron chi connectivity index (χ4n) is 2.46. The highest BCUT2D eigenvalue weighted by atomic mass is 14.9. The normalized spacial score (nSPS) is 26.6. The Kier molecular flexibility index (Phi) is 3.20. The molecule has 1 fully saturated rings. The molecular formula is C13H19N. The summed E-state index contributed by atoms with van der Waals surface area (Å²) < 4.78 is 0. The predicted molar refractivity (Wildman–Crippen MR) is 60.3 cm³/mol. The van der Waals surface area contributed by atoms with Crippen molar-refractivity contribution in [1.82, 2.24) is 5.32 Å². The molecule has 14 heavy (non-hydrogen) atoms. The molecule has 1 aromatic carbocycles. The quantitative estimate of drug-likeness (QED) is 0.770. The average molecular weight is 189 g/mol. The fourth-order valence-corrected chi connectivity index (χ4v) is 2.46. The van der Waals surface area contributed by atoms with E-state index < -0.39 is 0 Å². The molecule has 0 spiro atoms. The number of nitrogens with one attached hydrogen (secondary N) is 1. The summed E-state index contributed by atoms with van der Waals surface area (Å²) in [6, 6.07) is 11.6. The molecule has 0 amide bonds. The van der Waals surface area contributed by atoms with Crippen LogP contribution in [-0.2, 0) is 6.42 Å². The lowest BCUT2D eigenvalue weighted by atomic mass is 9.91. The van der Waals surface area contributed by atoms with Gasteiger partial charge in [-0.15, -0.1) is 0 Å². The summed E-state index contributed by atoms with van der Waals surface area (Å²) in [5, 5.41) is 3.58. The molecule has 0 bridgehead atoms. The van der Waals surface area contributed by atoms with Crippen LogP contribution in [0.2, 0.25) is 0 Å². The van der Waals surface area contributed by atoms with Crippen molar-refractivity contribution >= 4 is 0 Å². The Morgan fingerprint density at radius 1 is 1.29 bits per heavy atom. The van der Waals surface area contributed by atoms with E-state index in [1.54, 1.807) is 0 Å². The van der Waals surface area contributed by atoms with Crippen molar-refractivity contribution in [3.05, 3.63) is 35.9 Å². The number of hydrogen-bond donors (Lipinski definition) is 1. The van der Waals surface area contributed by atoms with Gasteiger partial charge >= 0.3 is 0 Å². The summed E-state index contributed by atoms with van der Waals surface area (Å²) in [6.45, 7) is 3.48. The molecule has 0 unspecified atom stereocenters. The van der Waals surface area contributed by atoms with Crippen molar-refractivity contribution in [2.45, 2.75) is 32.2 Å². The van der Waals surface area contributed by atoms with Crippen LogP contribution in [0.5, 0.6) is 0 Å². The molecule has 1 heteroatoms. The zero-order valence-corrected chi connectivity index (χ0v) is 8.87. The molecule has 2 atom stereocenters. The number of hydrogen-bond acceptors (Lipinski definition) is 1. The van der Waals surface area contributed by atoms with Crippen LogP contribution in [0.3, 0.4) is 0 Å². The van der Waals surface area contributed by atoms with Gasteiger partial charge in [-0.05, 0) is 37.3 Å². The Balaban J connectivity index is 1.97. The second-order valence-corrected chi connectivity index (χ2v) is 4.21. The Morgan fingerprint density at radius 3 is 2.79 bits per heavy atom. The van der Waals surface area contributed by atoms with Gasteiger partial charge in [-0.1, -0.05) is 37.3 Å². The molecule has 1 nitrogen and oxygen atoms in total. The molecule has 0 saturated carbocycles. The van der Waals surface area contributed by atoms with E-state index in [1.807, 2.05) is 0 Å². The van der Waals surface area contributed by atoms with Crippen molar-refractivity contribution < 1.29 is 0 Å². The van der Waals surface area contributed by atoms with Gasteiger partial charge in [0.2, 0.25) is 0 Å². The van der Waals surface area contributed by atoms with Gasteiger partial charge in [0.05, 0.1) is 0 Å². The van der Waals surface area contributed by atoms with Crippen LogP contribution < -0.4 is 5.32 Å². The van der Waals surface area contributed by atoms with Gasteiger partial charge in [0.15, 0.2) is 0 Å². The van der Waals surface area contributed by atoms with Crippen LogP contribution in [0.4, 0.5) is 0 Å². The molecule has 2 rings (SSSR count). The van der Waals surface area contributed by atoms with Crippen molar-refractivity contribution in [1.29, 1.82) is 0 Å². The fraction of sp³-hybridized carbons (Fsp3) is 0.538. The first kappa shape index (κ1) is 9.72. The second kappa shape index (κ2) is 4.61. The van der Waals surface area contributed by atoms with Crippen LogP contribution in [0.15, 0.2) is 30.3 Å². The van der Waals surface area contributed by atoms with E-state index in [0.717, 1.165) is 12.0 Å². The summed E-state index contributed by atoms with van der Waals surface area (Å²) in [6.07, 6.45) is 3.84. The minimum absolute atomic E-state index is 0.746. The van der Waals surface area contributed by atoms with E-state index in [4.69, 9.17) is 0 Å². The molecule has 1 heterocycles. The van der Waals surface area contributed by atoms with Crippen LogP contribution in [0.25, 0.3) is 0 Å². The monoisotopic (exact) mass is 189 g/mol. The molecule has 1 aliphatic heterocycles. The van der Waals surface area contributed by atoms with Crippen molar-refractivity contribution in [2.75, 3.05) is 6.54 Å².